The maximum absolute atomic E-state index is 13.4. The Morgan fingerprint density at radius 1 is 1.00 bits per heavy atom. The predicted octanol–water partition coefficient (Wildman–Crippen LogP) is 2.62. The van der Waals surface area contributed by atoms with Crippen molar-refractivity contribution in [1.29, 1.82) is 0 Å². The van der Waals surface area contributed by atoms with Crippen LogP contribution in [0, 0.1) is 5.82 Å². The van der Waals surface area contributed by atoms with Gasteiger partial charge in [0, 0.05) is 12.1 Å². The van der Waals surface area contributed by atoms with Crippen LogP contribution in [0.4, 0.5) is 4.39 Å². The van der Waals surface area contributed by atoms with Crippen LogP contribution in [-0.4, -0.2) is 18.4 Å². The molecule has 4 nitrogen and oxygen atoms in total. The molecule has 0 radical (unpaired) electrons. The number of hydrogen-bond acceptors (Lipinski definition) is 3. The summed E-state index contributed by atoms with van der Waals surface area (Å²) in [6.07, 6.45) is 0.320. The SMILES string of the molecule is O=C(Cc1ccccc1)NCCC(=O)OCc1ccccc1F. The van der Waals surface area contributed by atoms with Gasteiger partial charge in [0.2, 0.25) is 5.91 Å². The van der Waals surface area contributed by atoms with Crippen molar-refractivity contribution in [2.75, 3.05) is 6.54 Å². The summed E-state index contributed by atoms with van der Waals surface area (Å²) in [6, 6.07) is 15.5. The fraction of sp³-hybridized carbons (Fsp3) is 0.222. The number of nitrogens with one attached hydrogen (secondary N) is 1. The topological polar surface area (TPSA) is 55.4 Å². The van der Waals surface area contributed by atoms with Gasteiger partial charge in [0.1, 0.15) is 12.4 Å². The van der Waals surface area contributed by atoms with Crippen molar-refractivity contribution in [2.45, 2.75) is 19.4 Å². The third-order valence-corrected chi connectivity index (χ3v) is 3.21. The second-order valence-corrected chi connectivity index (χ2v) is 5.01. The summed E-state index contributed by atoms with van der Waals surface area (Å²) < 4.78 is 18.3. The van der Waals surface area contributed by atoms with Crippen LogP contribution < -0.4 is 5.32 Å². The van der Waals surface area contributed by atoms with E-state index in [9.17, 15) is 14.0 Å². The molecule has 2 rings (SSSR count). The van der Waals surface area contributed by atoms with Gasteiger partial charge in [-0.2, -0.15) is 0 Å². The van der Waals surface area contributed by atoms with Gasteiger partial charge in [-0.3, -0.25) is 9.59 Å². The van der Waals surface area contributed by atoms with Crippen LogP contribution in [-0.2, 0) is 27.4 Å². The van der Waals surface area contributed by atoms with Crippen molar-refractivity contribution >= 4 is 11.9 Å². The van der Waals surface area contributed by atoms with Crippen LogP contribution in [0.3, 0.4) is 0 Å². The molecular weight excluding hydrogens is 297 g/mol. The number of rotatable bonds is 7. The molecule has 0 fully saturated rings. The summed E-state index contributed by atoms with van der Waals surface area (Å²) in [5.41, 5.74) is 1.24. The zero-order valence-corrected chi connectivity index (χ0v) is 12.6. The highest BCUT2D eigenvalue weighted by molar-refractivity contribution is 5.79. The Balaban J connectivity index is 1.65. The van der Waals surface area contributed by atoms with Crippen molar-refractivity contribution < 1.29 is 18.7 Å². The van der Waals surface area contributed by atoms with Crippen molar-refractivity contribution in [3.05, 3.63) is 71.5 Å². The fourth-order valence-corrected chi connectivity index (χ4v) is 1.99. The first-order chi connectivity index (χ1) is 11.1. The van der Waals surface area contributed by atoms with Gasteiger partial charge in [-0.25, -0.2) is 4.39 Å². The molecule has 0 aliphatic carbocycles. The lowest BCUT2D eigenvalue weighted by Crippen LogP contribution is -2.27. The third-order valence-electron chi connectivity index (χ3n) is 3.21. The average Bonchev–Trinajstić information content (AvgIpc) is 2.55. The number of benzene rings is 2. The number of halogens is 1. The number of esters is 1. The van der Waals surface area contributed by atoms with Crippen LogP contribution in [0.15, 0.2) is 54.6 Å². The van der Waals surface area contributed by atoms with Crippen molar-refractivity contribution in [2.24, 2.45) is 0 Å². The van der Waals surface area contributed by atoms with E-state index in [0.29, 0.717) is 5.56 Å². The number of ether oxygens (including phenoxy) is 1. The number of amides is 1. The van der Waals surface area contributed by atoms with Gasteiger partial charge >= 0.3 is 5.97 Å². The normalized spacial score (nSPS) is 10.1. The Bertz CT molecular complexity index is 658. The Kier molecular flexibility index (Phi) is 6.29. The standard InChI is InChI=1S/C18H18FNO3/c19-16-9-5-4-8-15(16)13-23-18(22)10-11-20-17(21)12-14-6-2-1-3-7-14/h1-9H,10-13H2,(H,20,21). The molecular formula is C18H18FNO3. The first-order valence-corrected chi connectivity index (χ1v) is 7.35. The molecule has 0 aliphatic rings. The molecule has 1 N–H and O–H groups in total. The molecule has 0 bridgehead atoms. The van der Waals surface area contributed by atoms with Gasteiger partial charge in [0.05, 0.1) is 12.8 Å². The minimum atomic E-state index is -0.478. The number of carbonyl (C=O) groups excluding carboxylic acids is 2. The first kappa shape index (κ1) is 16.7. The molecule has 0 aliphatic heterocycles. The smallest absolute Gasteiger partial charge is 0.307 e. The molecule has 2 aromatic carbocycles. The minimum absolute atomic E-state index is 0.0506. The molecule has 5 heteroatoms. The second kappa shape index (κ2) is 8.68. The molecule has 1 amide bonds. The molecule has 0 heterocycles. The predicted molar refractivity (Wildman–Crippen MR) is 84.0 cm³/mol. The monoisotopic (exact) mass is 315 g/mol. The van der Waals surface area contributed by atoms with Gasteiger partial charge in [-0.1, -0.05) is 48.5 Å². The van der Waals surface area contributed by atoms with Crippen LogP contribution in [0.1, 0.15) is 17.5 Å². The highest BCUT2D eigenvalue weighted by Crippen LogP contribution is 2.08. The van der Waals surface area contributed by atoms with Crippen LogP contribution in [0.5, 0.6) is 0 Å². The van der Waals surface area contributed by atoms with Crippen LogP contribution in [0.2, 0.25) is 0 Å². The molecule has 0 unspecified atom stereocenters. The van der Waals surface area contributed by atoms with E-state index in [2.05, 4.69) is 5.32 Å². The summed E-state index contributed by atoms with van der Waals surface area (Å²) >= 11 is 0. The van der Waals surface area contributed by atoms with E-state index in [-0.39, 0.29) is 31.9 Å². The largest absolute Gasteiger partial charge is 0.461 e. The summed E-state index contributed by atoms with van der Waals surface area (Å²) in [4.78, 5) is 23.3. The lowest BCUT2D eigenvalue weighted by Gasteiger charge is -2.07. The summed E-state index contributed by atoms with van der Waals surface area (Å²) in [5, 5.41) is 2.66. The van der Waals surface area contributed by atoms with E-state index in [4.69, 9.17) is 4.74 Å². The molecule has 2 aromatic rings. The lowest BCUT2D eigenvalue weighted by atomic mass is 10.1. The minimum Gasteiger partial charge on any atom is -0.461 e. The zero-order valence-electron chi connectivity index (χ0n) is 12.6. The Labute approximate surface area is 134 Å². The van der Waals surface area contributed by atoms with E-state index < -0.39 is 11.8 Å². The molecule has 0 spiro atoms. The van der Waals surface area contributed by atoms with E-state index in [1.54, 1.807) is 18.2 Å². The molecule has 0 saturated carbocycles. The third kappa shape index (κ3) is 5.90. The summed E-state index contributed by atoms with van der Waals surface area (Å²) in [6.45, 7) is 0.0885. The van der Waals surface area contributed by atoms with Gasteiger partial charge < -0.3 is 10.1 Å². The average molecular weight is 315 g/mol. The Morgan fingerprint density at radius 3 is 2.43 bits per heavy atom. The van der Waals surface area contributed by atoms with E-state index >= 15 is 0 Å². The summed E-state index contributed by atoms with van der Waals surface area (Å²) in [7, 11) is 0. The lowest BCUT2D eigenvalue weighted by molar-refractivity contribution is -0.144. The quantitative estimate of drug-likeness (QED) is 0.799. The van der Waals surface area contributed by atoms with Crippen LogP contribution in [0.25, 0.3) is 0 Å². The van der Waals surface area contributed by atoms with Gasteiger partial charge in [0.25, 0.3) is 0 Å². The zero-order chi connectivity index (χ0) is 16.5. The summed E-state index contributed by atoms with van der Waals surface area (Å²) in [5.74, 6) is -1.04. The number of hydrogen-bond donors (Lipinski definition) is 1. The Hall–Kier alpha value is -2.69. The molecule has 120 valence electrons. The second-order valence-electron chi connectivity index (χ2n) is 5.01. The van der Waals surface area contributed by atoms with E-state index in [1.807, 2.05) is 30.3 Å². The first-order valence-electron chi connectivity index (χ1n) is 7.35. The maximum atomic E-state index is 13.4. The molecule has 23 heavy (non-hydrogen) atoms. The van der Waals surface area contributed by atoms with Gasteiger partial charge in [-0.15, -0.1) is 0 Å². The molecule has 0 atom stereocenters. The number of carbonyl (C=O) groups is 2. The fourth-order valence-electron chi connectivity index (χ4n) is 1.99. The van der Waals surface area contributed by atoms with E-state index in [1.165, 1.54) is 6.07 Å². The molecule has 0 aromatic heterocycles. The highest BCUT2D eigenvalue weighted by atomic mass is 19.1. The van der Waals surface area contributed by atoms with Crippen molar-refractivity contribution in [3.8, 4) is 0 Å². The Morgan fingerprint density at radius 2 is 1.70 bits per heavy atom. The van der Waals surface area contributed by atoms with E-state index in [0.717, 1.165) is 5.56 Å². The molecule has 0 saturated heterocycles. The van der Waals surface area contributed by atoms with Crippen molar-refractivity contribution in [1.82, 2.24) is 5.32 Å². The van der Waals surface area contributed by atoms with Crippen LogP contribution >= 0.6 is 0 Å². The van der Waals surface area contributed by atoms with Gasteiger partial charge in [0.15, 0.2) is 0 Å². The highest BCUT2D eigenvalue weighted by Gasteiger charge is 2.08. The van der Waals surface area contributed by atoms with Gasteiger partial charge in [-0.05, 0) is 11.6 Å². The van der Waals surface area contributed by atoms with Crippen molar-refractivity contribution in [3.63, 3.8) is 0 Å². The maximum Gasteiger partial charge on any atom is 0.307 e.